The molecule has 6 nitrogen and oxygen atoms in total. The summed E-state index contributed by atoms with van der Waals surface area (Å²) in [5.74, 6) is 0.582. The van der Waals surface area contributed by atoms with Crippen LogP contribution < -0.4 is 5.73 Å². The minimum absolute atomic E-state index is 0. The normalized spacial score (nSPS) is 21.6. The average molecular weight is 435 g/mol. The number of fused-ring (bicyclic) bond motifs is 1. The Hall–Kier alpha value is -1.41. The first kappa shape index (κ1) is 24.6. The number of carbonyl (C=O) groups excluding carboxylic acids is 1. The number of nitrogens with two attached hydrogens (primary N) is 1. The highest BCUT2D eigenvalue weighted by atomic mass is 35.5. The van der Waals surface area contributed by atoms with Gasteiger partial charge >= 0.3 is 0 Å². The molecule has 1 aliphatic rings. The van der Waals surface area contributed by atoms with Gasteiger partial charge in [0.15, 0.2) is 0 Å². The van der Waals surface area contributed by atoms with Crippen molar-refractivity contribution in [2.75, 3.05) is 20.2 Å². The molecule has 1 aliphatic carbocycles. The molecule has 1 aromatic carbocycles. The zero-order valence-corrected chi connectivity index (χ0v) is 17.8. The number of aromatic amines is 1. The van der Waals surface area contributed by atoms with Gasteiger partial charge < -0.3 is 20.4 Å². The van der Waals surface area contributed by atoms with E-state index in [4.69, 9.17) is 10.5 Å². The second kappa shape index (κ2) is 11.0. The number of rotatable bonds is 6. The van der Waals surface area contributed by atoms with Gasteiger partial charge in [-0.05, 0) is 44.4 Å². The van der Waals surface area contributed by atoms with Crippen molar-refractivity contribution in [3.05, 3.63) is 29.8 Å². The van der Waals surface area contributed by atoms with E-state index in [1.807, 2.05) is 11.8 Å². The smallest absolute Gasteiger partial charge is 0.225 e. The fourth-order valence-corrected chi connectivity index (χ4v) is 3.77. The molecular weight excluding hydrogens is 406 g/mol. The van der Waals surface area contributed by atoms with Gasteiger partial charge in [-0.1, -0.05) is 0 Å². The van der Waals surface area contributed by atoms with Crippen LogP contribution in [0.25, 0.3) is 11.0 Å². The molecule has 1 amide bonds. The van der Waals surface area contributed by atoms with Crippen molar-refractivity contribution in [1.29, 1.82) is 0 Å². The average Bonchev–Trinajstić information content (AvgIpc) is 3.03. The van der Waals surface area contributed by atoms with Crippen LogP contribution in [0.5, 0.6) is 0 Å². The SMILES string of the molecule is CCN(CCc1nc2ccc(F)cc2[nH]1)C(=O)[C@H]1CC[C@@H](OC)[C@H](N)C1.Cl.Cl. The van der Waals surface area contributed by atoms with Crippen LogP contribution in [0.15, 0.2) is 18.2 Å². The lowest BCUT2D eigenvalue weighted by Gasteiger charge is -2.34. The number of halogens is 3. The predicted molar refractivity (Wildman–Crippen MR) is 113 cm³/mol. The van der Waals surface area contributed by atoms with Crippen molar-refractivity contribution < 1.29 is 13.9 Å². The Morgan fingerprint density at radius 1 is 1.39 bits per heavy atom. The number of hydrogen-bond acceptors (Lipinski definition) is 4. The lowest BCUT2D eigenvalue weighted by molar-refractivity contribution is -0.137. The zero-order chi connectivity index (χ0) is 18.7. The molecule has 1 aromatic heterocycles. The van der Waals surface area contributed by atoms with Gasteiger partial charge in [-0.25, -0.2) is 9.37 Å². The Labute approximate surface area is 177 Å². The second-order valence-electron chi connectivity index (χ2n) is 6.96. The Morgan fingerprint density at radius 2 is 2.14 bits per heavy atom. The molecule has 1 heterocycles. The van der Waals surface area contributed by atoms with Crippen LogP contribution in [0.1, 0.15) is 32.0 Å². The molecule has 0 unspecified atom stereocenters. The third kappa shape index (κ3) is 5.56. The van der Waals surface area contributed by atoms with Gasteiger partial charge in [0.1, 0.15) is 11.6 Å². The number of amides is 1. The van der Waals surface area contributed by atoms with Gasteiger partial charge in [0, 0.05) is 38.6 Å². The fourth-order valence-electron chi connectivity index (χ4n) is 3.77. The maximum absolute atomic E-state index is 13.3. The fraction of sp³-hybridized carbons (Fsp3) is 0.579. The summed E-state index contributed by atoms with van der Waals surface area (Å²) in [7, 11) is 1.67. The number of methoxy groups -OCH3 is 1. The van der Waals surface area contributed by atoms with E-state index in [-0.39, 0.29) is 54.6 Å². The number of nitrogens with zero attached hydrogens (tertiary/aromatic N) is 2. The van der Waals surface area contributed by atoms with Crippen molar-refractivity contribution >= 4 is 41.8 Å². The van der Waals surface area contributed by atoms with E-state index in [1.165, 1.54) is 12.1 Å². The molecule has 1 saturated carbocycles. The maximum Gasteiger partial charge on any atom is 0.225 e. The first-order valence-corrected chi connectivity index (χ1v) is 9.23. The molecular formula is C19H29Cl2FN4O2. The summed E-state index contributed by atoms with van der Waals surface area (Å²) in [6.45, 7) is 3.21. The van der Waals surface area contributed by atoms with Crippen molar-refractivity contribution in [3.8, 4) is 0 Å². The number of benzene rings is 1. The topological polar surface area (TPSA) is 84.2 Å². The van der Waals surface area contributed by atoms with E-state index in [2.05, 4.69) is 9.97 Å². The maximum atomic E-state index is 13.3. The molecule has 0 aliphatic heterocycles. The van der Waals surface area contributed by atoms with Gasteiger partial charge in [-0.15, -0.1) is 24.8 Å². The van der Waals surface area contributed by atoms with E-state index >= 15 is 0 Å². The molecule has 0 spiro atoms. The van der Waals surface area contributed by atoms with E-state index < -0.39 is 0 Å². The summed E-state index contributed by atoms with van der Waals surface area (Å²) >= 11 is 0. The predicted octanol–water partition coefficient (Wildman–Crippen LogP) is 3.08. The lowest BCUT2D eigenvalue weighted by Crippen LogP contribution is -2.47. The van der Waals surface area contributed by atoms with Crippen LogP contribution in [0.3, 0.4) is 0 Å². The first-order valence-electron chi connectivity index (χ1n) is 9.23. The molecule has 0 saturated heterocycles. The standard InChI is InChI=1S/C19H27FN4O2.2ClH/c1-3-24(19(25)12-4-7-17(26-2)14(21)10-12)9-8-18-22-15-6-5-13(20)11-16(15)23-18;;/h5-6,11-12,14,17H,3-4,7-10,21H2,1-2H3,(H,22,23);2*1H/t12-,14+,17+;;/m0../s1. The van der Waals surface area contributed by atoms with E-state index in [1.54, 1.807) is 13.2 Å². The summed E-state index contributed by atoms with van der Waals surface area (Å²) in [5.41, 5.74) is 7.55. The van der Waals surface area contributed by atoms with Crippen LogP contribution in [0.4, 0.5) is 4.39 Å². The molecule has 3 rings (SSSR count). The van der Waals surface area contributed by atoms with Crippen molar-refractivity contribution in [3.63, 3.8) is 0 Å². The summed E-state index contributed by atoms with van der Waals surface area (Å²) in [6.07, 6.45) is 2.95. The highest BCUT2D eigenvalue weighted by Crippen LogP contribution is 2.27. The molecule has 3 N–H and O–H groups in total. The summed E-state index contributed by atoms with van der Waals surface area (Å²) in [4.78, 5) is 22.3. The number of likely N-dealkylation sites (N-methyl/N-ethyl adjacent to an activating group) is 1. The van der Waals surface area contributed by atoms with Crippen molar-refractivity contribution in [2.24, 2.45) is 11.7 Å². The van der Waals surface area contributed by atoms with Crippen LogP contribution in [-0.4, -0.2) is 53.1 Å². The minimum atomic E-state index is -0.291. The van der Waals surface area contributed by atoms with E-state index in [0.29, 0.717) is 31.4 Å². The summed E-state index contributed by atoms with van der Waals surface area (Å²) in [5, 5.41) is 0. The highest BCUT2D eigenvalue weighted by Gasteiger charge is 2.33. The van der Waals surface area contributed by atoms with Crippen molar-refractivity contribution in [1.82, 2.24) is 14.9 Å². The van der Waals surface area contributed by atoms with Crippen LogP contribution in [-0.2, 0) is 16.0 Å². The second-order valence-corrected chi connectivity index (χ2v) is 6.96. The summed E-state index contributed by atoms with van der Waals surface area (Å²) < 4.78 is 18.7. The van der Waals surface area contributed by atoms with Crippen LogP contribution >= 0.6 is 24.8 Å². The number of carbonyl (C=O) groups is 1. The zero-order valence-electron chi connectivity index (χ0n) is 16.2. The number of aromatic nitrogens is 2. The van der Waals surface area contributed by atoms with Gasteiger partial charge in [-0.2, -0.15) is 0 Å². The molecule has 2 aromatic rings. The summed E-state index contributed by atoms with van der Waals surface area (Å²) in [6, 6.07) is 4.40. The van der Waals surface area contributed by atoms with E-state index in [9.17, 15) is 9.18 Å². The van der Waals surface area contributed by atoms with E-state index in [0.717, 1.165) is 24.2 Å². The van der Waals surface area contributed by atoms with Gasteiger partial charge in [0.2, 0.25) is 5.91 Å². The third-order valence-corrected chi connectivity index (χ3v) is 5.29. The Bertz CT molecular complexity index is 773. The molecule has 28 heavy (non-hydrogen) atoms. The Morgan fingerprint density at radius 3 is 2.79 bits per heavy atom. The number of H-pyrrole nitrogens is 1. The van der Waals surface area contributed by atoms with Gasteiger partial charge in [0.25, 0.3) is 0 Å². The molecule has 158 valence electrons. The quantitative estimate of drug-likeness (QED) is 0.731. The molecule has 0 bridgehead atoms. The largest absolute Gasteiger partial charge is 0.380 e. The van der Waals surface area contributed by atoms with Gasteiger partial charge in [-0.3, -0.25) is 4.79 Å². The first-order chi connectivity index (χ1) is 12.5. The van der Waals surface area contributed by atoms with Crippen LogP contribution in [0.2, 0.25) is 0 Å². The lowest BCUT2D eigenvalue weighted by atomic mass is 9.83. The molecule has 0 radical (unpaired) electrons. The molecule has 3 atom stereocenters. The number of hydrogen-bond donors (Lipinski definition) is 2. The third-order valence-electron chi connectivity index (χ3n) is 5.29. The monoisotopic (exact) mass is 434 g/mol. The van der Waals surface area contributed by atoms with Crippen LogP contribution in [0, 0.1) is 11.7 Å². The van der Waals surface area contributed by atoms with Gasteiger partial charge in [0.05, 0.1) is 17.1 Å². The highest BCUT2D eigenvalue weighted by molar-refractivity contribution is 5.85. The molecule has 1 fully saturated rings. The number of imidazole rings is 1. The number of ether oxygens (including phenoxy) is 1. The minimum Gasteiger partial charge on any atom is -0.380 e. The van der Waals surface area contributed by atoms with Crippen molar-refractivity contribution in [2.45, 2.75) is 44.8 Å². The number of nitrogens with one attached hydrogen (secondary N) is 1. The Balaban J connectivity index is 0.00000196. The molecule has 9 heteroatoms. The Kier molecular flexibility index (Phi) is 9.63.